The minimum atomic E-state index is -1.81. The van der Waals surface area contributed by atoms with E-state index >= 15 is 0 Å². The molecule has 0 saturated carbocycles. The lowest BCUT2D eigenvalue weighted by Gasteiger charge is -2.27. The Bertz CT molecular complexity index is 2390. The molecule has 0 aliphatic carbocycles. The molecule has 3 rings (SSSR count). The number of fused-ring (bicyclic) bond motifs is 5. The maximum absolute atomic E-state index is 14.5. The van der Waals surface area contributed by atoms with Crippen molar-refractivity contribution in [2.75, 3.05) is 109 Å². The molecule has 1 aromatic rings. The van der Waals surface area contributed by atoms with Crippen LogP contribution in [0.4, 0.5) is 4.79 Å². The van der Waals surface area contributed by atoms with Gasteiger partial charge in [-0.2, -0.15) is 0 Å². The van der Waals surface area contributed by atoms with Gasteiger partial charge in [-0.15, -0.1) is 11.8 Å². The number of rotatable bonds is 29. The highest BCUT2D eigenvalue weighted by Crippen LogP contribution is 2.24. The highest BCUT2D eigenvalue weighted by Gasteiger charge is 2.35. The molecule has 0 radical (unpaired) electrons. The predicted molar refractivity (Wildman–Crippen MR) is 309 cm³/mol. The predicted octanol–water partition coefficient (Wildman–Crippen LogP) is -6.28. The number of carbonyl (C=O) groups is 13. The van der Waals surface area contributed by atoms with Gasteiger partial charge in [0.1, 0.15) is 55.5 Å². The molecule has 0 spiro atoms. The van der Waals surface area contributed by atoms with Crippen LogP contribution in [0.3, 0.4) is 0 Å². The normalized spacial score (nSPS) is 21.7. The van der Waals surface area contributed by atoms with Gasteiger partial charge < -0.3 is 99.7 Å². The van der Waals surface area contributed by atoms with Gasteiger partial charge in [0.05, 0.1) is 58.4 Å². The summed E-state index contributed by atoms with van der Waals surface area (Å²) in [7, 11) is 1.86. The van der Waals surface area contributed by atoms with Crippen molar-refractivity contribution in [1.29, 1.82) is 0 Å². The second kappa shape index (κ2) is 41.9. The quantitative estimate of drug-likeness (QED) is 0.0262. The van der Waals surface area contributed by atoms with Crippen LogP contribution in [-0.4, -0.2) is 233 Å². The topological polar surface area (TPSA) is 489 Å². The van der Waals surface area contributed by atoms with Crippen LogP contribution in [0.25, 0.3) is 0 Å². The van der Waals surface area contributed by atoms with E-state index in [2.05, 4.69) is 58.5 Å². The Morgan fingerprint density at radius 3 is 1.74 bits per heavy atom. The van der Waals surface area contributed by atoms with Crippen LogP contribution in [0.2, 0.25) is 0 Å². The van der Waals surface area contributed by atoms with Crippen LogP contribution >= 0.6 is 33.3 Å². The van der Waals surface area contributed by atoms with Gasteiger partial charge in [0.25, 0.3) is 0 Å². The van der Waals surface area contributed by atoms with Crippen LogP contribution in [0, 0.1) is 0 Å². The number of primary amides is 2. The highest BCUT2D eigenvalue weighted by atomic mass is 33.1. The van der Waals surface area contributed by atoms with Crippen molar-refractivity contribution in [2.45, 2.75) is 87.2 Å². The number of nitrogens with one attached hydrogen (secondary N) is 11. The van der Waals surface area contributed by atoms with E-state index in [0.29, 0.717) is 18.4 Å². The summed E-state index contributed by atoms with van der Waals surface area (Å²) in [5.74, 6) is -11.8. The Hall–Kier alpha value is -7.02. The van der Waals surface area contributed by atoms with Crippen LogP contribution in [0.1, 0.15) is 44.1 Å². The lowest BCUT2D eigenvalue weighted by Crippen LogP contribution is -2.60. The van der Waals surface area contributed by atoms with E-state index in [9.17, 15) is 67.4 Å². The Labute approximate surface area is 502 Å². The number of nitrogens with two attached hydrogens (primary N) is 3. The lowest BCUT2D eigenvalue weighted by molar-refractivity contribution is -0.141. The minimum absolute atomic E-state index is 0.000387. The van der Waals surface area contributed by atoms with E-state index < -0.39 is 132 Å². The van der Waals surface area contributed by atoms with Gasteiger partial charge in [-0.1, -0.05) is 51.9 Å². The molecule has 18 N–H and O–H groups in total. The fraction of sp³-hybridized carbons (Fsp3) is 0.620. The van der Waals surface area contributed by atoms with E-state index in [1.807, 2.05) is 0 Å². The number of urea groups is 1. The van der Waals surface area contributed by atoms with Crippen molar-refractivity contribution < 1.29 is 86.4 Å². The Morgan fingerprint density at radius 2 is 1.13 bits per heavy atom. The molecule has 32 nitrogen and oxygen atoms in total. The Morgan fingerprint density at radius 1 is 0.565 bits per heavy atom. The number of carboxylic acids is 1. The van der Waals surface area contributed by atoms with Crippen molar-refractivity contribution >= 4 is 110 Å². The molecule has 2 aliphatic rings. The summed E-state index contributed by atoms with van der Waals surface area (Å²) in [5.41, 5.74) is 16.5. The van der Waals surface area contributed by atoms with Gasteiger partial charge in [0.15, 0.2) is 0 Å². The second-order valence-corrected chi connectivity index (χ2v) is 22.4. The molecule has 2 aliphatic heterocycles. The number of hydrogen-bond donors (Lipinski definition) is 15. The van der Waals surface area contributed by atoms with E-state index in [-0.39, 0.29) is 128 Å². The van der Waals surface area contributed by atoms with Crippen molar-refractivity contribution in [1.82, 2.24) is 58.5 Å². The molecule has 2 bridgehead atoms. The summed E-state index contributed by atoms with van der Waals surface area (Å²) >= 11 is 0.921. The molecule has 0 aromatic heterocycles. The molecule has 35 heteroatoms. The first-order valence-corrected chi connectivity index (χ1v) is 30.7. The average molecular weight is 1260 g/mol. The van der Waals surface area contributed by atoms with Gasteiger partial charge in [-0.05, 0) is 44.2 Å². The third-order valence-electron chi connectivity index (χ3n) is 11.9. The summed E-state index contributed by atoms with van der Waals surface area (Å²) < 4.78 is 21.3. The summed E-state index contributed by atoms with van der Waals surface area (Å²) in [6, 6.07) is -2.72. The fourth-order valence-corrected chi connectivity index (χ4v) is 10.8. The number of carbonyl (C=O) groups excluding carboxylic acids is 12. The van der Waals surface area contributed by atoms with Crippen LogP contribution in [0.15, 0.2) is 30.3 Å². The van der Waals surface area contributed by atoms with E-state index in [1.165, 1.54) is 0 Å². The molecule has 2 heterocycles. The fourth-order valence-electron chi connectivity index (χ4n) is 7.64. The molecule has 2 fully saturated rings. The first-order valence-electron chi connectivity index (χ1n) is 27.1. The standard InChI is InChI=1S/C50H78N14O18S3/c51-11-5-4-9-32-45(73)63-36-27-84-85-28-37(64-47(75)34(22-42(69)70)59-39(66)23-57-43(71)31(60-48(36)76)10-6-12-56-50(53)78)49(77)61-33(21-30-7-2-1-3-8-30)46(74)62-35(26-83-29-41(68)58-32)44(72)55-14-16-80-18-20-81-19-17-79-15-13-54-40(67)25-82-24-38(52)65/h1-3,7-8,31-37H,4-6,9-29,51H2,(H2,52,65)(H,54,67)(H,55,72)(H,57,71)(H,58,68)(H,59,66)(H,60,76)(H,61,77)(H,62,74)(H,63,73)(H,64,75)(H,69,70)(H3,53,56,78)/t31-,32-,33-,34-,35-,36-,37-/m0/s1. The third kappa shape index (κ3) is 31.6. The van der Waals surface area contributed by atoms with E-state index in [0.717, 1.165) is 33.3 Å². The number of benzene rings is 1. The van der Waals surface area contributed by atoms with E-state index in [4.69, 9.17) is 36.1 Å². The lowest BCUT2D eigenvalue weighted by atomic mass is 10.0. The van der Waals surface area contributed by atoms with Crippen LogP contribution in [-0.2, 0) is 82.9 Å². The zero-order valence-corrected chi connectivity index (χ0v) is 49.2. The van der Waals surface area contributed by atoms with Crippen molar-refractivity contribution in [3.05, 3.63) is 35.9 Å². The smallest absolute Gasteiger partial charge is 0.312 e. The molecule has 474 valence electrons. The van der Waals surface area contributed by atoms with Crippen molar-refractivity contribution in [2.24, 2.45) is 17.2 Å². The van der Waals surface area contributed by atoms with Crippen molar-refractivity contribution in [3.8, 4) is 0 Å². The molecular formula is C50H78N14O18S3. The average Bonchev–Trinajstić information content (AvgIpc) is 3.45. The monoisotopic (exact) mass is 1260 g/mol. The summed E-state index contributed by atoms with van der Waals surface area (Å²) in [6.45, 7) is -0.318. The first kappa shape index (κ1) is 72.2. The summed E-state index contributed by atoms with van der Waals surface area (Å²) in [4.78, 5) is 172. The number of ether oxygens (including phenoxy) is 4. The summed E-state index contributed by atoms with van der Waals surface area (Å²) in [5, 5.41) is 37.7. The largest absolute Gasteiger partial charge is 0.481 e. The molecule has 85 heavy (non-hydrogen) atoms. The number of carboxylic acid groups (broad SMARTS) is 1. The number of amides is 13. The first-order chi connectivity index (χ1) is 40.8. The zero-order valence-electron chi connectivity index (χ0n) is 46.7. The van der Waals surface area contributed by atoms with Gasteiger partial charge in [-0.3, -0.25) is 57.5 Å². The Kier molecular flexibility index (Phi) is 35.6. The Balaban J connectivity index is 1.92. The second-order valence-electron chi connectivity index (χ2n) is 18.8. The SMILES string of the molecule is NCCCC[C@@H]1NC(=O)CSC[C@@H](C(=O)NCCOCCOCCOCCNC(=O)COCC(N)=O)NC(=O)[C@H](Cc2ccccc2)NC(=O)[C@@H]2CSSC[C@H](NC1=O)C(=O)N[C@@H](CCCNC(N)=O)C(=O)NCC(=O)N[C@@H](CC(=O)O)C(=O)N2. The number of hydrogen-bond acceptors (Lipinski definition) is 21. The van der Waals surface area contributed by atoms with Gasteiger partial charge >= 0.3 is 12.0 Å². The van der Waals surface area contributed by atoms with Crippen molar-refractivity contribution in [3.63, 3.8) is 0 Å². The third-order valence-corrected chi connectivity index (χ3v) is 15.3. The summed E-state index contributed by atoms with van der Waals surface area (Å²) in [6.07, 6.45) is -0.329. The number of thioether (sulfide) groups is 1. The van der Waals surface area contributed by atoms with Gasteiger partial charge in [-0.25, -0.2) is 4.79 Å². The molecule has 13 amide bonds. The molecule has 0 unspecified atom stereocenters. The minimum Gasteiger partial charge on any atom is -0.481 e. The molecular weight excluding hydrogens is 1180 g/mol. The maximum atomic E-state index is 14.5. The molecule has 7 atom stereocenters. The van der Waals surface area contributed by atoms with Gasteiger partial charge in [0.2, 0.25) is 65.0 Å². The maximum Gasteiger partial charge on any atom is 0.312 e. The molecule has 2 saturated heterocycles. The van der Waals surface area contributed by atoms with Crippen LogP contribution in [0.5, 0.6) is 0 Å². The van der Waals surface area contributed by atoms with Gasteiger partial charge in [0, 0.05) is 43.3 Å². The highest BCUT2D eigenvalue weighted by molar-refractivity contribution is 8.76. The molecule has 1 aromatic carbocycles. The zero-order chi connectivity index (χ0) is 62.4. The van der Waals surface area contributed by atoms with E-state index in [1.54, 1.807) is 30.3 Å². The van der Waals surface area contributed by atoms with Crippen LogP contribution < -0.4 is 75.7 Å². The number of unbranched alkanes of at least 4 members (excludes halogenated alkanes) is 1. The number of aliphatic carboxylic acids is 1.